The third-order valence-corrected chi connectivity index (χ3v) is 4.88. The fourth-order valence-corrected chi connectivity index (χ4v) is 3.60. The van der Waals surface area contributed by atoms with Crippen LogP contribution in [0.2, 0.25) is 0 Å². The van der Waals surface area contributed by atoms with E-state index in [0.717, 1.165) is 17.7 Å². The maximum atomic E-state index is 13.0. The Kier molecular flexibility index (Phi) is 3.18. The Morgan fingerprint density at radius 3 is 2.43 bits per heavy atom. The van der Waals surface area contributed by atoms with Gasteiger partial charge in [0.05, 0.1) is 0 Å². The SMILES string of the molecule is NC(=O)[C@@H]1Cc2ccccc2N1C(=O)[C@@H]1C[C@@H]1c1ccccc1. The quantitative estimate of drug-likeness (QED) is 0.945. The second-order valence-electron chi connectivity index (χ2n) is 6.32. The Hall–Kier alpha value is -2.62. The average Bonchev–Trinajstić information content (AvgIpc) is 3.28. The molecule has 0 saturated heterocycles. The second kappa shape index (κ2) is 5.23. The normalized spacial score (nSPS) is 25.0. The number of fused-ring (bicyclic) bond motifs is 1. The Morgan fingerprint density at radius 1 is 1.00 bits per heavy atom. The van der Waals surface area contributed by atoms with Crippen LogP contribution in [0.3, 0.4) is 0 Å². The predicted molar refractivity (Wildman–Crippen MR) is 87.9 cm³/mol. The Labute approximate surface area is 134 Å². The molecule has 1 heterocycles. The van der Waals surface area contributed by atoms with Gasteiger partial charge >= 0.3 is 0 Å². The van der Waals surface area contributed by atoms with Gasteiger partial charge in [-0.3, -0.25) is 14.5 Å². The average molecular weight is 306 g/mol. The molecule has 4 heteroatoms. The van der Waals surface area contributed by atoms with Crippen molar-refractivity contribution >= 4 is 17.5 Å². The van der Waals surface area contributed by atoms with Crippen molar-refractivity contribution in [2.45, 2.75) is 24.8 Å². The van der Waals surface area contributed by atoms with Crippen LogP contribution in [-0.2, 0) is 16.0 Å². The first-order valence-electron chi connectivity index (χ1n) is 7.92. The van der Waals surface area contributed by atoms with E-state index in [1.54, 1.807) is 4.90 Å². The molecule has 0 radical (unpaired) electrons. The highest BCUT2D eigenvalue weighted by atomic mass is 16.2. The molecule has 1 aliphatic carbocycles. The largest absolute Gasteiger partial charge is 0.368 e. The molecule has 2 amide bonds. The molecule has 2 aliphatic rings. The van der Waals surface area contributed by atoms with Crippen molar-refractivity contribution in [3.05, 3.63) is 65.7 Å². The van der Waals surface area contributed by atoms with Gasteiger partial charge in [-0.1, -0.05) is 48.5 Å². The Bertz CT molecular complexity index is 772. The van der Waals surface area contributed by atoms with Crippen LogP contribution in [0.15, 0.2) is 54.6 Å². The van der Waals surface area contributed by atoms with E-state index in [4.69, 9.17) is 5.73 Å². The summed E-state index contributed by atoms with van der Waals surface area (Å²) in [5.41, 5.74) is 8.58. The first-order chi connectivity index (χ1) is 11.2. The van der Waals surface area contributed by atoms with Gasteiger partial charge in [0.2, 0.25) is 11.8 Å². The van der Waals surface area contributed by atoms with E-state index in [1.807, 2.05) is 42.5 Å². The van der Waals surface area contributed by atoms with E-state index in [9.17, 15) is 9.59 Å². The number of carbonyl (C=O) groups is 2. The van der Waals surface area contributed by atoms with Crippen molar-refractivity contribution in [3.8, 4) is 0 Å². The minimum Gasteiger partial charge on any atom is -0.368 e. The zero-order valence-electron chi connectivity index (χ0n) is 12.7. The Balaban J connectivity index is 1.61. The summed E-state index contributed by atoms with van der Waals surface area (Å²) >= 11 is 0. The van der Waals surface area contributed by atoms with Crippen LogP contribution >= 0.6 is 0 Å². The molecular formula is C19H18N2O2. The van der Waals surface area contributed by atoms with Gasteiger partial charge in [-0.2, -0.15) is 0 Å². The number of hydrogen-bond acceptors (Lipinski definition) is 2. The first-order valence-corrected chi connectivity index (χ1v) is 7.92. The molecule has 1 fully saturated rings. The van der Waals surface area contributed by atoms with E-state index in [-0.39, 0.29) is 17.7 Å². The minimum absolute atomic E-state index is 0.0209. The smallest absolute Gasteiger partial charge is 0.240 e. The number of hydrogen-bond donors (Lipinski definition) is 1. The number of nitrogens with two attached hydrogens (primary N) is 1. The molecule has 2 aromatic rings. The predicted octanol–water partition coefficient (Wildman–Crippen LogP) is 2.23. The lowest BCUT2D eigenvalue weighted by Crippen LogP contribution is -2.46. The third-order valence-electron chi connectivity index (χ3n) is 4.88. The molecule has 0 bridgehead atoms. The van der Waals surface area contributed by atoms with Crippen molar-refractivity contribution < 1.29 is 9.59 Å². The summed E-state index contributed by atoms with van der Waals surface area (Å²) in [7, 11) is 0. The number of para-hydroxylation sites is 1. The van der Waals surface area contributed by atoms with Gasteiger partial charge in [-0.05, 0) is 29.5 Å². The summed E-state index contributed by atoms with van der Waals surface area (Å²) in [4.78, 5) is 26.4. The number of carbonyl (C=O) groups excluding carboxylic acids is 2. The molecule has 23 heavy (non-hydrogen) atoms. The lowest BCUT2D eigenvalue weighted by atomic mass is 10.1. The molecular weight excluding hydrogens is 288 g/mol. The summed E-state index contributed by atoms with van der Waals surface area (Å²) in [6, 6.07) is 17.2. The minimum atomic E-state index is -0.558. The maximum Gasteiger partial charge on any atom is 0.240 e. The number of anilines is 1. The van der Waals surface area contributed by atoms with E-state index in [2.05, 4.69) is 12.1 Å². The van der Waals surface area contributed by atoms with Crippen LogP contribution in [0, 0.1) is 5.92 Å². The van der Waals surface area contributed by atoms with Crippen LogP contribution in [0.5, 0.6) is 0 Å². The standard InChI is InChI=1S/C19H18N2O2/c20-18(22)17-10-13-8-4-5-9-16(13)21(17)19(23)15-11-14(15)12-6-2-1-3-7-12/h1-9,14-15,17H,10-11H2,(H2,20,22)/t14-,15-,17+/m1/s1. The highest BCUT2D eigenvalue weighted by Crippen LogP contribution is 2.50. The van der Waals surface area contributed by atoms with Gasteiger partial charge in [0, 0.05) is 18.0 Å². The fraction of sp³-hybridized carbons (Fsp3) is 0.263. The Morgan fingerprint density at radius 2 is 1.70 bits per heavy atom. The molecule has 4 rings (SSSR count). The van der Waals surface area contributed by atoms with Crippen molar-refractivity contribution in [2.24, 2.45) is 11.7 Å². The lowest BCUT2D eigenvalue weighted by molar-refractivity contribution is -0.125. The molecule has 0 aromatic heterocycles. The molecule has 2 N–H and O–H groups in total. The first kappa shape index (κ1) is 14.0. The molecule has 2 aromatic carbocycles. The van der Waals surface area contributed by atoms with Crippen LogP contribution < -0.4 is 10.6 Å². The molecule has 0 spiro atoms. The van der Waals surface area contributed by atoms with Crippen LogP contribution in [0.4, 0.5) is 5.69 Å². The van der Waals surface area contributed by atoms with E-state index in [1.165, 1.54) is 5.56 Å². The number of amides is 2. The second-order valence-corrected chi connectivity index (χ2v) is 6.32. The summed E-state index contributed by atoms with van der Waals surface area (Å²) in [5.74, 6) is -0.213. The highest BCUT2D eigenvalue weighted by molar-refractivity contribution is 6.05. The number of rotatable bonds is 3. The van der Waals surface area contributed by atoms with E-state index < -0.39 is 11.9 Å². The van der Waals surface area contributed by atoms with Crippen molar-refractivity contribution in [1.82, 2.24) is 0 Å². The zero-order chi connectivity index (χ0) is 16.0. The van der Waals surface area contributed by atoms with Gasteiger partial charge in [0.25, 0.3) is 0 Å². The lowest BCUT2D eigenvalue weighted by Gasteiger charge is -2.23. The third kappa shape index (κ3) is 2.31. The zero-order valence-corrected chi connectivity index (χ0v) is 12.7. The van der Waals surface area contributed by atoms with Gasteiger partial charge in [-0.25, -0.2) is 0 Å². The summed E-state index contributed by atoms with van der Waals surface area (Å²) in [5, 5.41) is 0. The summed E-state index contributed by atoms with van der Waals surface area (Å²) in [6.45, 7) is 0. The van der Waals surface area contributed by atoms with Crippen molar-refractivity contribution in [2.75, 3.05) is 4.90 Å². The number of primary amides is 1. The van der Waals surface area contributed by atoms with Crippen LogP contribution in [-0.4, -0.2) is 17.9 Å². The van der Waals surface area contributed by atoms with E-state index in [0.29, 0.717) is 6.42 Å². The van der Waals surface area contributed by atoms with Gasteiger partial charge in [0.1, 0.15) is 6.04 Å². The van der Waals surface area contributed by atoms with Crippen LogP contribution in [0.1, 0.15) is 23.5 Å². The van der Waals surface area contributed by atoms with Gasteiger partial charge in [0.15, 0.2) is 0 Å². The monoisotopic (exact) mass is 306 g/mol. The maximum absolute atomic E-state index is 13.0. The molecule has 116 valence electrons. The van der Waals surface area contributed by atoms with Crippen molar-refractivity contribution in [1.29, 1.82) is 0 Å². The van der Waals surface area contributed by atoms with E-state index >= 15 is 0 Å². The molecule has 4 nitrogen and oxygen atoms in total. The number of nitrogens with zero attached hydrogens (tertiary/aromatic N) is 1. The number of benzene rings is 2. The molecule has 0 unspecified atom stereocenters. The van der Waals surface area contributed by atoms with Gasteiger partial charge in [-0.15, -0.1) is 0 Å². The molecule has 3 atom stereocenters. The fourth-order valence-electron chi connectivity index (χ4n) is 3.60. The molecule has 1 saturated carbocycles. The van der Waals surface area contributed by atoms with Crippen molar-refractivity contribution in [3.63, 3.8) is 0 Å². The van der Waals surface area contributed by atoms with Crippen LogP contribution in [0.25, 0.3) is 0 Å². The van der Waals surface area contributed by atoms with Gasteiger partial charge < -0.3 is 5.73 Å². The topological polar surface area (TPSA) is 63.4 Å². The summed E-state index contributed by atoms with van der Waals surface area (Å²) in [6.07, 6.45) is 1.35. The summed E-state index contributed by atoms with van der Waals surface area (Å²) < 4.78 is 0. The highest BCUT2D eigenvalue weighted by Gasteiger charge is 2.49. The molecule has 1 aliphatic heterocycles.